The zero-order chi connectivity index (χ0) is 16.4. The van der Waals surface area contributed by atoms with Crippen molar-refractivity contribution in [2.24, 2.45) is 5.73 Å². The SMILES string of the molecule is Cc1nn(CCN)c(C)c1S(=O)(=O)NC(C)CC(F)(F)F. The molecule has 0 spiro atoms. The standard InChI is InChI=1S/C11H19F3N4O2S/c1-7(6-11(12,13)14)17-21(19,20)10-8(2)16-18(5-4-15)9(10)3/h7,17H,4-6,15H2,1-3H3. The second-order valence-electron chi connectivity index (χ2n) is 4.85. The van der Waals surface area contributed by atoms with Crippen LogP contribution >= 0.6 is 0 Å². The van der Waals surface area contributed by atoms with Gasteiger partial charge in [-0.05, 0) is 20.8 Å². The van der Waals surface area contributed by atoms with Crippen molar-refractivity contribution in [1.82, 2.24) is 14.5 Å². The first-order chi connectivity index (χ1) is 9.48. The van der Waals surface area contributed by atoms with Crippen LogP contribution < -0.4 is 10.5 Å². The Kier molecular flexibility index (Phi) is 5.40. The topological polar surface area (TPSA) is 90.0 Å². The van der Waals surface area contributed by atoms with E-state index in [-0.39, 0.29) is 17.1 Å². The Labute approximate surface area is 121 Å². The van der Waals surface area contributed by atoms with Crippen molar-refractivity contribution in [3.05, 3.63) is 11.4 Å². The van der Waals surface area contributed by atoms with E-state index in [0.717, 1.165) is 0 Å². The highest BCUT2D eigenvalue weighted by atomic mass is 32.2. The highest BCUT2D eigenvalue weighted by Gasteiger charge is 2.33. The number of alkyl halides is 3. The molecular formula is C11H19F3N4O2S. The Morgan fingerprint density at radius 1 is 1.38 bits per heavy atom. The summed E-state index contributed by atoms with van der Waals surface area (Å²) < 4.78 is 64.8. The van der Waals surface area contributed by atoms with Crippen molar-refractivity contribution in [3.63, 3.8) is 0 Å². The van der Waals surface area contributed by atoms with Crippen LogP contribution in [0.15, 0.2) is 4.90 Å². The number of nitrogens with one attached hydrogen (secondary N) is 1. The van der Waals surface area contributed by atoms with E-state index in [1.54, 1.807) is 6.92 Å². The van der Waals surface area contributed by atoms with Crippen LogP contribution in [-0.2, 0) is 16.6 Å². The van der Waals surface area contributed by atoms with Gasteiger partial charge in [0.25, 0.3) is 0 Å². The van der Waals surface area contributed by atoms with Crippen molar-refractivity contribution in [3.8, 4) is 0 Å². The van der Waals surface area contributed by atoms with Crippen molar-refractivity contribution in [2.75, 3.05) is 6.54 Å². The third-order valence-corrected chi connectivity index (χ3v) is 4.66. The molecule has 0 saturated carbocycles. The van der Waals surface area contributed by atoms with E-state index in [0.29, 0.717) is 12.2 Å². The third kappa shape index (κ3) is 4.68. The fraction of sp³-hybridized carbons (Fsp3) is 0.727. The van der Waals surface area contributed by atoms with E-state index in [1.165, 1.54) is 18.5 Å². The van der Waals surface area contributed by atoms with Crippen LogP contribution in [-0.4, -0.2) is 37.0 Å². The molecule has 1 aromatic rings. The van der Waals surface area contributed by atoms with E-state index < -0.39 is 28.7 Å². The van der Waals surface area contributed by atoms with Crippen LogP contribution in [0.5, 0.6) is 0 Å². The summed E-state index contributed by atoms with van der Waals surface area (Å²) in [6.45, 7) is 4.81. The van der Waals surface area contributed by atoms with Crippen molar-refractivity contribution in [1.29, 1.82) is 0 Å². The molecule has 3 N–H and O–H groups in total. The Morgan fingerprint density at radius 3 is 2.43 bits per heavy atom. The second-order valence-corrected chi connectivity index (χ2v) is 6.50. The first-order valence-electron chi connectivity index (χ1n) is 6.31. The minimum absolute atomic E-state index is 0.0926. The van der Waals surface area contributed by atoms with E-state index in [2.05, 4.69) is 5.10 Å². The lowest BCUT2D eigenvalue weighted by molar-refractivity contribution is -0.137. The lowest BCUT2D eigenvalue weighted by Crippen LogP contribution is -2.36. The van der Waals surface area contributed by atoms with E-state index in [1.807, 2.05) is 4.72 Å². The summed E-state index contributed by atoms with van der Waals surface area (Å²) in [7, 11) is -4.06. The van der Waals surface area contributed by atoms with E-state index >= 15 is 0 Å². The molecule has 0 aliphatic heterocycles. The maximum absolute atomic E-state index is 12.3. The van der Waals surface area contributed by atoms with E-state index in [9.17, 15) is 21.6 Å². The van der Waals surface area contributed by atoms with Crippen molar-refractivity contribution < 1.29 is 21.6 Å². The first kappa shape index (κ1) is 17.9. The van der Waals surface area contributed by atoms with Gasteiger partial charge in [-0.2, -0.15) is 18.3 Å². The smallest absolute Gasteiger partial charge is 0.329 e. The molecule has 1 rings (SSSR count). The van der Waals surface area contributed by atoms with Gasteiger partial charge in [0.05, 0.1) is 24.4 Å². The Hall–Kier alpha value is -1.13. The minimum atomic E-state index is -4.43. The molecule has 0 radical (unpaired) electrons. The lowest BCUT2D eigenvalue weighted by Gasteiger charge is -2.16. The molecular weight excluding hydrogens is 309 g/mol. The van der Waals surface area contributed by atoms with Gasteiger partial charge in [0.2, 0.25) is 10.0 Å². The number of aryl methyl sites for hydroxylation is 1. The molecule has 0 saturated heterocycles. The van der Waals surface area contributed by atoms with Crippen LogP contribution in [0.25, 0.3) is 0 Å². The van der Waals surface area contributed by atoms with Gasteiger partial charge in [-0.1, -0.05) is 0 Å². The number of nitrogens with two attached hydrogens (primary N) is 1. The number of sulfonamides is 1. The number of hydrogen-bond acceptors (Lipinski definition) is 4. The molecule has 10 heteroatoms. The predicted molar refractivity (Wildman–Crippen MR) is 71.2 cm³/mol. The summed E-state index contributed by atoms with van der Waals surface area (Å²) in [5, 5.41) is 4.04. The average Bonchev–Trinajstić information content (AvgIpc) is 2.50. The van der Waals surface area contributed by atoms with Crippen LogP contribution in [0.3, 0.4) is 0 Å². The van der Waals surface area contributed by atoms with E-state index in [4.69, 9.17) is 5.73 Å². The van der Waals surface area contributed by atoms with Gasteiger partial charge in [-0.3, -0.25) is 4.68 Å². The second kappa shape index (κ2) is 6.32. The summed E-state index contributed by atoms with van der Waals surface area (Å²) in [6.07, 6.45) is -5.67. The molecule has 6 nitrogen and oxygen atoms in total. The van der Waals surface area contributed by atoms with Crippen LogP contribution in [0.4, 0.5) is 13.2 Å². The quantitative estimate of drug-likeness (QED) is 0.817. The predicted octanol–water partition coefficient (Wildman–Crippen LogP) is 1.08. The highest BCUT2D eigenvalue weighted by molar-refractivity contribution is 7.89. The molecule has 122 valence electrons. The molecule has 1 heterocycles. The highest BCUT2D eigenvalue weighted by Crippen LogP contribution is 2.24. The molecule has 0 amide bonds. The van der Waals surface area contributed by atoms with Crippen LogP contribution in [0.1, 0.15) is 24.7 Å². The fourth-order valence-corrected chi connectivity index (χ4v) is 3.78. The van der Waals surface area contributed by atoms with Gasteiger partial charge in [-0.15, -0.1) is 0 Å². The van der Waals surface area contributed by atoms with Gasteiger partial charge >= 0.3 is 6.18 Å². The monoisotopic (exact) mass is 328 g/mol. The number of rotatable bonds is 6. The average molecular weight is 328 g/mol. The van der Waals surface area contributed by atoms with Gasteiger partial charge in [-0.25, -0.2) is 13.1 Å². The largest absolute Gasteiger partial charge is 0.390 e. The molecule has 0 aliphatic rings. The van der Waals surface area contributed by atoms with Crippen molar-refractivity contribution in [2.45, 2.75) is 50.9 Å². The maximum atomic E-state index is 12.3. The Morgan fingerprint density at radius 2 is 1.95 bits per heavy atom. The number of nitrogens with zero attached hydrogens (tertiary/aromatic N) is 2. The summed E-state index contributed by atoms with van der Waals surface area (Å²) in [6, 6.07) is -1.26. The molecule has 21 heavy (non-hydrogen) atoms. The van der Waals surface area contributed by atoms with Crippen LogP contribution in [0.2, 0.25) is 0 Å². The lowest BCUT2D eigenvalue weighted by atomic mass is 10.2. The molecule has 1 unspecified atom stereocenters. The number of aromatic nitrogens is 2. The molecule has 0 aliphatic carbocycles. The summed E-state index contributed by atoms with van der Waals surface area (Å²) in [5.41, 5.74) is 5.98. The van der Waals surface area contributed by atoms with Gasteiger partial charge in [0.1, 0.15) is 4.90 Å². The van der Waals surface area contributed by atoms with Gasteiger partial charge in [0.15, 0.2) is 0 Å². The maximum Gasteiger partial charge on any atom is 0.390 e. The number of halogens is 3. The Bertz CT molecular complexity index is 595. The summed E-state index contributed by atoms with van der Waals surface area (Å²) in [5.74, 6) is 0. The fourth-order valence-electron chi connectivity index (χ4n) is 2.12. The summed E-state index contributed by atoms with van der Waals surface area (Å²) in [4.78, 5) is -0.0926. The molecule has 1 atom stereocenters. The zero-order valence-electron chi connectivity index (χ0n) is 12.0. The van der Waals surface area contributed by atoms with Crippen LogP contribution in [0, 0.1) is 13.8 Å². The molecule has 0 fully saturated rings. The van der Waals surface area contributed by atoms with Gasteiger partial charge < -0.3 is 5.73 Å². The minimum Gasteiger partial charge on any atom is -0.329 e. The summed E-state index contributed by atoms with van der Waals surface area (Å²) >= 11 is 0. The molecule has 0 bridgehead atoms. The van der Waals surface area contributed by atoms with Gasteiger partial charge in [0, 0.05) is 12.6 Å². The third-order valence-electron chi connectivity index (χ3n) is 2.82. The number of hydrogen-bond donors (Lipinski definition) is 2. The molecule has 1 aromatic heterocycles. The first-order valence-corrected chi connectivity index (χ1v) is 7.79. The Balaban J connectivity index is 3.03. The zero-order valence-corrected chi connectivity index (χ0v) is 12.8. The van der Waals surface area contributed by atoms with Crippen molar-refractivity contribution >= 4 is 10.0 Å². The normalized spacial score (nSPS) is 14.4. The molecule has 0 aromatic carbocycles.